The normalized spacial score (nSPS) is 10.0. The van der Waals surface area contributed by atoms with E-state index in [1.54, 1.807) is 0 Å². The van der Waals surface area contributed by atoms with Crippen LogP contribution >= 0.6 is 0 Å². The molecule has 4 nitrogen and oxygen atoms in total. The SMILES string of the molecule is O=C(CO)OCCCCCCCO. The lowest BCUT2D eigenvalue weighted by atomic mass is 10.1. The molecule has 0 aliphatic carbocycles. The van der Waals surface area contributed by atoms with Gasteiger partial charge in [-0.15, -0.1) is 0 Å². The maximum Gasteiger partial charge on any atom is 0.331 e. The van der Waals surface area contributed by atoms with Crippen molar-refractivity contribution in [3.63, 3.8) is 0 Å². The van der Waals surface area contributed by atoms with Crippen LogP contribution in [0.2, 0.25) is 0 Å². The van der Waals surface area contributed by atoms with E-state index in [9.17, 15) is 4.79 Å². The van der Waals surface area contributed by atoms with Crippen LogP contribution in [0.15, 0.2) is 0 Å². The molecule has 2 N–H and O–H groups in total. The number of rotatable bonds is 8. The molecule has 0 bridgehead atoms. The largest absolute Gasteiger partial charge is 0.464 e. The first-order valence-electron chi connectivity index (χ1n) is 4.68. The highest BCUT2D eigenvalue weighted by Gasteiger charge is 1.97. The molecule has 0 aromatic carbocycles. The molecule has 0 radical (unpaired) electrons. The van der Waals surface area contributed by atoms with Crippen LogP contribution < -0.4 is 0 Å². The summed E-state index contributed by atoms with van der Waals surface area (Å²) in [5, 5.41) is 16.8. The van der Waals surface area contributed by atoms with Gasteiger partial charge in [0.25, 0.3) is 0 Å². The lowest BCUT2D eigenvalue weighted by Gasteiger charge is -2.02. The summed E-state index contributed by atoms with van der Waals surface area (Å²) >= 11 is 0. The van der Waals surface area contributed by atoms with Gasteiger partial charge in [0.05, 0.1) is 6.61 Å². The van der Waals surface area contributed by atoms with Gasteiger partial charge in [-0.3, -0.25) is 0 Å². The van der Waals surface area contributed by atoms with Crippen LogP contribution in [0.1, 0.15) is 32.1 Å². The number of hydrogen-bond acceptors (Lipinski definition) is 4. The zero-order valence-electron chi connectivity index (χ0n) is 7.87. The monoisotopic (exact) mass is 190 g/mol. The zero-order valence-corrected chi connectivity index (χ0v) is 7.87. The average molecular weight is 190 g/mol. The fraction of sp³-hybridized carbons (Fsp3) is 0.889. The molecule has 13 heavy (non-hydrogen) atoms. The van der Waals surface area contributed by atoms with E-state index in [1.807, 2.05) is 0 Å². The summed E-state index contributed by atoms with van der Waals surface area (Å²) < 4.78 is 4.66. The summed E-state index contributed by atoms with van der Waals surface area (Å²) in [6.07, 6.45) is 4.74. The van der Waals surface area contributed by atoms with E-state index in [0.29, 0.717) is 6.61 Å². The molecule has 0 aromatic heterocycles. The highest BCUT2D eigenvalue weighted by molar-refractivity contribution is 5.70. The van der Waals surface area contributed by atoms with Crippen molar-refractivity contribution in [2.45, 2.75) is 32.1 Å². The molecule has 4 heteroatoms. The van der Waals surface area contributed by atoms with Crippen molar-refractivity contribution in [3.8, 4) is 0 Å². The van der Waals surface area contributed by atoms with Crippen LogP contribution in [-0.2, 0) is 9.53 Å². The van der Waals surface area contributed by atoms with Crippen LogP contribution in [0.4, 0.5) is 0 Å². The van der Waals surface area contributed by atoms with Gasteiger partial charge in [-0.1, -0.05) is 19.3 Å². The Balaban J connectivity index is 2.95. The molecule has 0 saturated carbocycles. The predicted octanol–water partition coefficient (Wildman–Crippen LogP) is 0.465. The molecule has 0 spiro atoms. The lowest BCUT2D eigenvalue weighted by molar-refractivity contribution is -0.147. The van der Waals surface area contributed by atoms with Gasteiger partial charge in [0, 0.05) is 6.61 Å². The van der Waals surface area contributed by atoms with Gasteiger partial charge in [0.2, 0.25) is 0 Å². The van der Waals surface area contributed by atoms with Crippen molar-refractivity contribution in [1.29, 1.82) is 0 Å². The van der Waals surface area contributed by atoms with Gasteiger partial charge in [-0.05, 0) is 12.8 Å². The Morgan fingerprint density at radius 3 is 2.23 bits per heavy atom. The zero-order chi connectivity index (χ0) is 9.94. The molecule has 0 aliphatic rings. The topological polar surface area (TPSA) is 66.8 Å². The van der Waals surface area contributed by atoms with Crippen LogP contribution in [0.5, 0.6) is 0 Å². The first-order chi connectivity index (χ1) is 6.31. The molecule has 0 amide bonds. The van der Waals surface area contributed by atoms with E-state index in [2.05, 4.69) is 4.74 Å². The van der Waals surface area contributed by atoms with E-state index >= 15 is 0 Å². The van der Waals surface area contributed by atoms with E-state index in [4.69, 9.17) is 10.2 Å². The first-order valence-corrected chi connectivity index (χ1v) is 4.68. The van der Waals surface area contributed by atoms with Crippen molar-refractivity contribution in [2.75, 3.05) is 19.8 Å². The predicted molar refractivity (Wildman–Crippen MR) is 48.2 cm³/mol. The molecule has 78 valence electrons. The maximum absolute atomic E-state index is 10.4. The quantitative estimate of drug-likeness (QED) is 0.431. The second-order valence-electron chi connectivity index (χ2n) is 2.87. The van der Waals surface area contributed by atoms with Crippen LogP contribution in [0.25, 0.3) is 0 Å². The third kappa shape index (κ3) is 9.30. The fourth-order valence-corrected chi connectivity index (χ4v) is 0.976. The summed E-state index contributed by atoms with van der Waals surface area (Å²) in [6, 6.07) is 0. The van der Waals surface area contributed by atoms with Gasteiger partial charge in [0.15, 0.2) is 0 Å². The van der Waals surface area contributed by atoms with Gasteiger partial charge in [0.1, 0.15) is 6.61 Å². The number of unbranched alkanes of at least 4 members (excludes halogenated alkanes) is 4. The number of ether oxygens (including phenoxy) is 1. The van der Waals surface area contributed by atoms with E-state index < -0.39 is 12.6 Å². The molecule has 0 aliphatic heterocycles. The molecule has 0 rings (SSSR count). The van der Waals surface area contributed by atoms with E-state index in [0.717, 1.165) is 32.1 Å². The first kappa shape index (κ1) is 12.4. The lowest BCUT2D eigenvalue weighted by Crippen LogP contribution is -2.09. The molecule has 0 aromatic rings. The van der Waals surface area contributed by atoms with Crippen LogP contribution in [0.3, 0.4) is 0 Å². The number of esters is 1. The Hall–Kier alpha value is -0.610. The van der Waals surface area contributed by atoms with E-state index in [1.165, 1.54) is 0 Å². The highest BCUT2D eigenvalue weighted by Crippen LogP contribution is 2.02. The number of aliphatic hydroxyl groups is 2. The van der Waals surface area contributed by atoms with Crippen molar-refractivity contribution in [2.24, 2.45) is 0 Å². The number of carbonyl (C=O) groups excluding carboxylic acids is 1. The number of aliphatic hydroxyl groups excluding tert-OH is 2. The van der Waals surface area contributed by atoms with Gasteiger partial charge in [-0.2, -0.15) is 0 Å². The van der Waals surface area contributed by atoms with Gasteiger partial charge in [-0.25, -0.2) is 4.79 Å². The van der Waals surface area contributed by atoms with E-state index in [-0.39, 0.29) is 6.61 Å². The smallest absolute Gasteiger partial charge is 0.331 e. The minimum absolute atomic E-state index is 0.250. The molecular weight excluding hydrogens is 172 g/mol. The fourth-order valence-electron chi connectivity index (χ4n) is 0.976. The summed E-state index contributed by atoms with van der Waals surface area (Å²) in [6.45, 7) is 0.0997. The molecule has 0 heterocycles. The van der Waals surface area contributed by atoms with Crippen molar-refractivity contribution < 1.29 is 19.7 Å². The summed E-state index contributed by atoms with van der Waals surface area (Å²) in [5.41, 5.74) is 0. The van der Waals surface area contributed by atoms with Crippen LogP contribution in [-0.4, -0.2) is 36.0 Å². The van der Waals surface area contributed by atoms with Crippen LogP contribution in [0, 0.1) is 0 Å². The molecule has 0 unspecified atom stereocenters. The van der Waals surface area contributed by atoms with Crippen molar-refractivity contribution in [1.82, 2.24) is 0 Å². The second-order valence-corrected chi connectivity index (χ2v) is 2.87. The van der Waals surface area contributed by atoms with Gasteiger partial charge >= 0.3 is 5.97 Å². The Bertz CT molecular complexity index is 125. The Morgan fingerprint density at radius 1 is 1.00 bits per heavy atom. The summed E-state index contributed by atoms with van der Waals surface area (Å²) in [5.74, 6) is -0.560. The molecule has 0 fully saturated rings. The van der Waals surface area contributed by atoms with Crippen molar-refractivity contribution >= 4 is 5.97 Å². The minimum atomic E-state index is -0.560. The summed E-state index contributed by atoms with van der Waals surface area (Å²) in [4.78, 5) is 10.4. The van der Waals surface area contributed by atoms with Gasteiger partial charge < -0.3 is 14.9 Å². The molecule has 0 saturated heterocycles. The second kappa shape index (κ2) is 9.48. The standard InChI is InChI=1S/C9H18O4/c10-6-4-2-1-3-5-7-13-9(12)8-11/h10-11H,1-8H2. The Kier molecular flexibility index (Phi) is 9.03. The summed E-state index contributed by atoms with van der Waals surface area (Å²) in [7, 11) is 0. The highest BCUT2D eigenvalue weighted by atomic mass is 16.5. The molecular formula is C9H18O4. The maximum atomic E-state index is 10.4. The number of carbonyl (C=O) groups is 1. The third-order valence-corrected chi connectivity index (χ3v) is 1.69. The molecule has 0 atom stereocenters. The Labute approximate surface area is 78.5 Å². The minimum Gasteiger partial charge on any atom is -0.464 e. The average Bonchev–Trinajstić information content (AvgIpc) is 2.16. The number of hydrogen-bond donors (Lipinski definition) is 2. The third-order valence-electron chi connectivity index (χ3n) is 1.69. The Morgan fingerprint density at radius 2 is 1.62 bits per heavy atom. The van der Waals surface area contributed by atoms with Crippen molar-refractivity contribution in [3.05, 3.63) is 0 Å².